The van der Waals surface area contributed by atoms with Gasteiger partial charge < -0.3 is 0 Å². The molecule has 6 heteroatoms. The maximum absolute atomic E-state index is 13.2. The molecule has 0 aliphatic carbocycles. The van der Waals surface area contributed by atoms with Crippen molar-refractivity contribution in [1.29, 1.82) is 0 Å². The highest BCUT2D eigenvalue weighted by Crippen LogP contribution is 2.48. The van der Waals surface area contributed by atoms with Crippen LogP contribution in [0.15, 0.2) is 59.5 Å². The summed E-state index contributed by atoms with van der Waals surface area (Å²) in [5.74, 6) is 0.00637. The second kappa shape index (κ2) is 9.88. The largest absolute Gasteiger partial charge is 0.298 e. The Morgan fingerprint density at radius 3 is 2.21 bits per heavy atom. The van der Waals surface area contributed by atoms with Crippen molar-refractivity contribution in [3.05, 3.63) is 65.2 Å². The molecule has 1 aliphatic heterocycles. The lowest BCUT2D eigenvalue weighted by Gasteiger charge is -2.07. The second-order valence-electron chi connectivity index (χ2n) is 7.57. The molecule has 1 saturated heterocycles. The van der Waals surface area contributed by atoms with Gasteiger partial charge in [0.25, 0.3) is 0 Å². The standard InChI is InChI=1S/C23H28ClNO3S/c1-2-3-4-5-6-10-13-21(26)23-22(18-11-8-7-9-12-18)25(23)29(27,28)20-16-14-19(24)15-17-20/h7-9,11-12,14-17,22-23H,2-6,10,13H2,1H3. The van der Waals surface area contributed by atoms with Gasteiger partial charge in [-0.3, -0.25) is 4.79 Å². The smallest absolute Gasteiger partial charge is 0.244 e. The molecule has 4 nitrogen and oxygen atoms in total. The fourth-order valence-electron chi connectivity index (χ4n) is 3.76. The van der Waals surface area contributed by atoms with E-state index in [0.29, 0.717) is 11.4 Å². The molecule has 0 bridgehead atoms. The summed E-state index contributed by atoms with van der Waals surface area (Å²) < 4.78 is 27.7. The molecule has 3 rings (SSSR count). The van der Waals surface area contributed by atoms with Gasteiger partial charge >= 0.3 is 0 Å². The molecular weight excluding hydrogens is 406 g/mol. The first-order chi connectivity index (χ1) is 14.0. The fraction of sp³-hybridized carbons (Fsp3) is 0.435. The molecule has 1 fully saturated rings. The summed E-state index contributed by atoms with van der Waals surface area (Å²) in [7, 11) is -3.76. The molecule has 1 heterocycles. The third-order valence-corrected chi connectivity index (χ3v) is 7.52. The number of halogens is 1. The average Bonchev–Trinajstić information content (AvgIpc) is 3.48. The number of ketones is 1. The van der Waals surface area contributed by atoms with Crippen molar-refractivity contribution in [1.82, 2.24) is 4.31 Å². The van der Waals surface area contributed by atoms with Crippen molar-refractivity contribution in [3.8, 4) is 0 Å². The van der Waals surface area contributed by atoms with Gasteiger partial charge in [0, 0.05) is 11.4 Å². The SMILES string of the molecule is CCCCCCCCC(=O)C1C(c2ccccc2)N1S(=O)(=O)c1ccc(Cl)cc1. The summed E-state index contributed by atoms with van der Waals surface area (Å²) in [5.41, 5.74) is 0.853. The fourth-order valence-corrected chi connectivity index (χ4v) is 5.63. The van der Waals surface area contributed by atoms with Crippen LogP contribution in [0.1, 0.15) is 63.5 Å². The third-order valence-electron chi connectivity index (χ3n) is 5.39. The van der Waals surface area contributed by atoms with E-state index in [-0.39, 0.29) is 10.7 Å². The number of rotatable bonds is 11. The van der Waals surface area contributed by atoms with E-state index in [1.165, 1.54) is 35.7 Å². The van der Waals surface area contributed by atoms with Crippen molar-refractivity contribution >= 4 is 27.4 Å². The Kier molecular flexibility index (Phi) is 7.49. The molecule has 156 valence electrons. The number of hydrogen-bond donors (Lipinski definition) is 0. The molecule has 1 aliphatic rings. The van der Waals surface area contributed by atoms with E-state index >= 15 is 0 Å². The summed E-state index contributed by atoms with van der Waals surface area (Å²) in [5, 5.41) is 0.477. The highest BCUT2D eigenvalue weighted by Gasteiger charge is 2.59. The van der Waals surface area contributed by atoms with Gasteiger partial charge in [0.15, 0.2) is 5.78 Å². The van der Waals surface area contributed by atoms with Crippen molar-refractivity contribution < 1.29 is 13.2 Å². The first kappa shape index (κ1) is 22.0. The maximum Gasteiger partial charge on any atom is 0.244 e. The summed E-state index contributed by atoms with van der Waals surface area (Å²) in [4.78, 5) is 13.1. The number of hydrogen-bond acceptors (Lipinski definition) is 3. The van der Waals surface area contributed by atoms with E-state index in [4.69, 9.17) is 11.6 Å². The van der Waals surface area contributed by atoms with Crippen LogP contribution in [0, 0.1) is 0 Å². The van der Waals surface area contributed by atoms with Gasteiger partial charge in [-0.1, -0.05) is 81.0 Å². The minimum atomic E-state index is -3.76. The number of nitrogens with zero attached hydrogens (tertiary/aromatic N) is 1. The molecule has 0 amide bonds. The van der Waals surface area contributed by atoms with Gasteiger partial charge in [0.1, 0.15) is 6.04 Å². The number of unbranched alkanes of at least 4 members (excludes halogenated alkanes) is 5. The first-order valence-corrected chi connectivity index (χ1v) is 12.2. The van der Waals surface area contributed by atoms with Crippen LogP contribution in [0.5, 0.6) is 0 Å². The number of sulfonamides is 1. The van der Waals surface area contributed by atoms with Crippen LogP contribution in [-0.4, -0.2) is 24.5 Å². The van der Waals surface area contributed by atoms with E-state index < -0.39 is 22.1 Å². The molecule has 0 saturated carbocycles. The summed E-state index contributed by atoms with van der Waals surface area (Å²) in [6.45, 7) is 2.18. The lowest BCUT2D eigenvalue weighted by molar-refractivity contribution is -0.119. The Bertz CT molecular complexity index is 913. The van der Waals surface area contributed by atoms with Gasteiger partial charge in [-0.25, -0.2) is 8.42 Å². The predicted molar refractivity (Wildman–Crippen MR) is 116 cm³/mol. The zero-order chi connectivity index (χ0) is 20.9. The van der Waals surface area contributed by atoms with E-state index in [9.17, 15) is 13.2 Å². The Labute approximate surface area is 178 Å². The van der Waals surface area contributed by atoms with Gasteiger partial charge in [0.2, 0.25) is 10.0 Å². The Morgan fingerprint density at radius 2 is 1.55 bits per heavy atom. The number of benzene rings is 2. The molecule has 2 aromatic carbocycles. The van der Waals surface area contributed by atoms with Crippen molar-refractivity contribution in [3.63, 3.8) is 0 Å². The van der Waals surface area contributed by atoms with Crippen LogP contribution in [0.2, 0.25) is 5.02 Å². The molecule has 3 atom stereocenters. The number of Topliss-reactive ketones (excluding diaryl/α,β-unsaturated/α-hetero) is 1. The second-order valence-corrected chi connectivity index (χ2v) is 9.85. The van der Waals surface area contributed by atoms with Crippen molar-refractivity contribution in [2.45, 2.75) is 68.8 Å². The van der Waals surface area contributed by atoms with Crippen LogP contribution >= 0.6 is 11.6 Å². The van der Waals surface area contributed by atoms with Crippen LogP contribution in [0.3, 0.4) is 0 Å². The summed E-state index contributed by atoms with van der Waals surface area (Å²) >= 11 is 5.90. The highest BCUT2D eigenvalue weighted by atomic mass is 35.5. The molecule has 0 spiro atoms. The minimum absolute atomic E-state index is 0.00637. The maximum atomic E-state index is 13.2. The van der Waals surface area contributed by atoms with E-state index in [0.717, 1.165) is 24.8 Å². The van der Waals surface area contributed by atoms with E-state index in [2.05, 4.69) is 6.92 Å². The molecule has 29 heavy (non-hydrogen) atoms. The Balaban J connectivity index is 1.73. The van der Waals surface area contributed by atoms with Crippen LogP contribution in [-0.2, 0) is 14.8 Å². The van der Waals surface area contributed by atoms with Crippen LogP contribution in [0.25, 0.3) is 0 Å². The molecule has 2 aromatic rings. The van der Waals surface area contributed by atoms with Crippen LogP contribution < -0.4 is 0 Å². The van der Waals surface area contributed by atoms with E-state index in [1.54, 1.807) is 12.1 Å². The van der Waals surface area contributed by atoms with Crippen molar-refractivity contribution in [2.24, 2.45) is 0 Å². The monoisotopic (exact) mass is 433 g/mol. The topological polar surface area (TPSA) is 54.2 Å². The predicted octanol–water partition coefficient (Wildman–Crippen LogP) is 5.77. The molecule has 3 unspecified atom stereocenters. The minimum Gasteiger partial charge on any atom is -0.298 e. The molecule has 0 N–H and O–H groups in total. The zero-order valence-electron chi connectivity index (χ0n) is 16.8. The average molecular weight is 434 g/mol. The lowest BCUT2D eigenvalue weighted by Crippen LogP contribution is -2.19. The lowest BCUT2D eigenvalue weighted by atomic mass is 10.0. The summed E-state index contributed by atoms with van der Waals surface area (Å²) in [6.07, 6.45) is 6.98. The Morgan fingerprint density at radius 1 is 0.931 bits per heavy atom. The van der Waals surface area contributed by atoms with Gasteiger partial charge in [0.05, 0.1) is 10.9 Å². The quantitative estimate of drug-likeness (QED) is 0.333. The molecular formula is C23H28ClNO3S. The molecule has 0 aromatic heterocycles. The van der Waals surface area contributed by atoms with Gasteiger partial charge in [-0.15, -0.1) is 0 Å². The third kappa shape index (κ3) is 5.27. The van der Waals surface area contributed by atoms with Gasteiger partial charge in [-0.05, 0) is 36.2 Å². The van der Waals surface area contributed by atoms with Crippen molar-refractivity contribution in [2.75, 3.05) is 0 Å². The zero-order valence-corrected chi connectivity index (χ0v) is 18.3. The number of carbonyl (C=O) groups excluding carboxylic acids is 1. The van der Waals surface area contributed by atoms with E-state index in [1.807, 2.05) is 30.3 Å². The Hall–Kier alpha value is -1.69. The highest BCUT2D eigenvalue weighted by molar-refractivity contribution is 7.89. The molecule has 0 radical (unpaired) electrons. The number of carbonyl (C=O) groups is 1. The first-order valence-electron chi connectivity index (χ1n) is 10.3. The normalized spacial score (nSPS) is 21.1. The van der Waals surface area contributed by atoms with Gasteiger partial charge in [-0.2, -0.15) is 4.31 Å². The van der Waals surface area contributed by atoms with Crippen LogP contribution in [0.4, 0.5) is 0 Å². The summed E-state index contributed by atoms with van der Waals surface area (Å²) in [6, 6.07) is 14.5.